The van der Waals surface area contributed by atoms with Crippen molar-refractivity contribution in [3.8, 4) is 6.07 Å². The summed E-state index contributed by atoms with van der Waals surface area (Å²) in [5, 5.41) is 11.7. The maximum atomic E-state index is 11.7. The van der Waals surface area contributed by atoms with E-state index in [0.717, 1.165) is 25.2 Å². The second-order valence-electron chi connectivity index (χ2n) is 4.52. The first-order valence-corrected chi connectivity index (χ1v) is 6.11. The van der Waals surface area contributed by atoms with Crippen LogP contribution in [0, 0.1) is 17.2 Å². The fraction of sp³-hybridized carbons (Fsp3) is 0.429. The van der Waals surface area contributed by atoms with Gasteiger partial charge in [-0.1, -0.05) is 12.1 Å². The van der Waals surface area contributed by atoms with Gasteiger partial charge in [0.1, 0.15) is 0 Å². The van der Waals surface area contributed by atoms with E-state index < -0.39 is 0 Å². The minimum absolute atomic E-state index is 0.00279. The third kappa shape index (κ3) is 3.57. The highest BCUT2D eigenvalue weighted by Gasteiger charge is 2.16. The lowest BCUT2D eigenvalue weighted by atomic mass is 10.1. The highest BCUT2D eigenvalue weighted by Crippen LogP contribution is 2.11. The first-order chi connectivity index (χ1) is 8.78. The summed E-state index contributed by atoms with van der Waals surface area (Å²) >= 11 is 0. The SMILES string of the molecule is N#Cc1cccc(CC(=O)NCC2CCOC2)c1. The fourth-order valence-corrected chi connectivity index (χ4v) is 2.00. The summed E-state index contributed by atoms with van der Waals surface area (Å²) in [5.41, 5.74) is 1.46. The van der Waals surface area contributed by atoms with Crippen LogP contribution in [0.5, 0.6) is 0 Å². The van der Waals surface area contributed by atoms with Crippen LogP contribution in [0.1, 0.15) is 17.5 Å². The summed E-state index contributed by atoms with van der Waals surface area (Å²) in [7, 11) is 0. The van der Waals surface area contributed by atoms with Gasteiger partial charge in [0, 0.05) is 19.1 Å². The maximum absolute atomic E-state index is 11.7. The van der Waals surface area contributed by atoms with Crippen molar-refractivity contribution < 1.29 is 9.53 Å². The summed E-state index contributed by atoms with van der Waals surface area (Å²) in [6.45, 7) is 2.21. The zero-order chi connectivity index (χ0) is 12.8. The standard InChI is InChI=1S/C14H16N2O2/c15-8-12-3-1-2-11(6-12)7-14(17)16-9-13-4-5-18-10-13/h1-3,6,13H,4-5,7,9-10H2,(H,16,17). The van der Waals surface area contributed by atoms with Gasteiger partial charge in [-0.2, -0.15) is 5.26 Å². The molecule has 1 fully saturated rings. The van der Waals surface area contributed by atoms with Crippen molar-refractivity contribution in [2.75, 3.05) is 19.8 Å². The Morgan fingerprint density at radius 3 is 3.17 bits per heavy atom. The molecule has 1 aliphatic rings. The predicted octanol–water partition coefficient (Wildman–Crippen LogP) is 1.25. The van der Waals surface area contributed by atoms with Gasteiger partial charge >= 0.3 is 0 Å². The van der Waals surface area contributed by atoms with Crippen molar-refractivity contribution in [1.82, 2.24) is 5.32 Å². The number of hydrogen-bond acceptors (Lipinski definition) is 3. The highest BCUT2D eigenvalue weighted by molar-refractivity contribution is 5.78. The van der Waals surface area contributed by atoms with Gasteiger partial charge in [0.25, 0.3) is 0 Å². The Morgan fingerprint density at radius 2 is 2.44 bits per heavy atom. The Balaban J connectivity index is 1.81. The monoisotopic (exact) mass is 244 g/mol. The molecular formula is C14H16N2O2. The molecule has 0 aromatic heterocycles. The van der Waals surface area contributed by atoms with E-state index in [1.54, 1.807) is 18.2 Å². The van der Waals surface area contributed by atoms with Crippen LogP contribution in [0.25, 0.3) is 0 Å². The van der Waals surface area contributed by atoms with Crippen molar-refractivity contribution in [2.45, 2.75) is 12.8 Å². The molecule has 0 aliphatic carbocycles. The van der Waals surface area contributed by atoms with Gasteiger partial charge < -0.3 is 10.1 Å². The van der Waals surface area contributed by atoms with Crippen LogP contribution in [-0.4, -0.2) is 25.7 Å². The smallest absolute Gasteiger partial charge is 0.224 e. The molecule has 4 heteroatoms. The predicted molar refractivity (Wildman–Crippen MR) is 66.8 cm³/mol. The second-order valence-corrected chi connectivity index (χ2v) is 4.52. The highest BCUT2D eigenvalue weighted by atomic mass is 16.5. The molecule has 1 aliphatic heterocycles. The van der Waals surface area contributed by atoms with Crippen LogP contribution < -0.4 is 5.32 Å². The van der Waals surface area contributed by atoms with E-state index in [2.05, 4.69) is 11.4 Å². The number of nitriles is 1. The molecule has 1 heterocycles. The van der Waals surface area contributed by atoms with E-state index in [1.165, 1.54) is 0 Å². The molecule has 1 aromatic carbocycles. The zero-order valence-electron chi connectivity index (χ0n) is 10.2. The number of hydrogen-bond donors (Lipinski definition) is 1. The van der Waals surface area contributed by atoms with Crippen molar-refractivity contribution in [1.29, 1.82) is 5.26 Å². The summed E-state index contributed by atoms with van der Waals surface area (Å²) in [6, 6.07) is 9.21. The lowest BCUT2D eigenvalue weighted by Crippen LogP contribution is -2.30. The molecule has 0 bridgehead atoms. The van der Waals surface area contributed by atoms with Crippen LogP contribution in [0.4, 0.5) is 0 Å². The average Bonchev–Trinajstić information content (AvgIpc) is 2.90. The number of benzene rings is 1. The molecule has 0 radical (unpaired) electrons. The van der Waals surface area contributed by atoms with E-state index in [9.17, 15) is 4.79 Å². The van der Waals surface area contributed by atoms with E-state index in [4.69, 9.17) is 10.00 Å². The number of ether oxygens (including phenoxy) is 1. The molecule has 18 heavy (non-hydrogen) atoms. The Bertz CT molecular complexity index is 459. The third-order valence-electron chi connectivity index (χ3n) is 3.03. The van der Waals surface area contributed by atoms with Crippen LogP contribution in [0.15, 0.2) is 24.3 Å². The molecule has 1 N–H and O–H groups in total. The Hall–Kier alpha value is -1.86. The number of nitrogens with zero attached hydrogens (tertiary/aromatic N) is 1. The van der Waals surface area contributed by atoms with E-state index in [0.29, 0.717) is 24.4 Å². The first kappa shape index (κ1) is 12.6. The first-order valence-electron chi connectivity index (χ1n) is 6.11. The Morgan fingerprint density at radius 1 is 1.56 bits per heavy atom. The summed E-state index contributed by atoms with van der Waals surface area (Å²) in [6.07, 6.45) is 1.34. The van der Waals surface area contributed by atoms with Crippen molar-refractivity contribution >= 4 is 5.91 Å². The van der Waals surface area contributed by atoms with E-state index in [1.807, 2.05) is 6.07 Å². The van der Waals surface area contributed by atoms with Gasteiger partial charge in [-0.05, 0) is 24.1 Å². The number of carbonyl (C=O) groups excluding carboxylic acids is 1. The van der Waals surface area contributed by atoms with Crippen molar-refractivity contribution in [3.63, 3.8) is 0 Å². The molecule has 94 valence electrons. The van der Waals surface area contributed by atoms with Crippen molar-refractivity contribution in [2.24, 2.45) is 5.92 Å². The average molecular weight is 244 g/mol. The molecule has 0 spiro atoms. The zero-order valence-corrected chi connectivity index (χ0v) is 10.2. The molecule has 1 unspecified atom stereocenters. The molecule has 2 rings (SSSR count). The van der Waals surface area contributed by atoms with Gasteiger partial charge in [-0.3, -0.25) is 4.79 Å². The quantitative estimate of drug-likeness (QED) is 0.867. The van der Waals surface area contributed by atoms with Gasteiger partial charge in [-0.15, -0.1) is 0 Å². The van der Waals surface area contributed by atoms with Crippen LogP contribution in [-0.2, 0) is 16.0 Å². The number of nitrogens with one attached hydrogen (secondary N) is 1. The fourth-order valence-electron chi connectivity index (χ4n) is 2.00. The van der Waals surface area contributed by atoms with Crippen LogP contribution >= 0.6 is 0 Å². The lowest BCUT2D eigenvalue weighted by Gasteiger charge is -2.09. The molecule has 1 aromatic rings. The molecule has 1 atom stereocenters. The Labute approximate surface area is 107 Å². The van der Waals surface area contributed by atoms with Crippen molar-refractivity contribution in [3.05, 3.63) is 35.4 Å². The molecular weight excluding hydrogens is 228 g/mol. The molecule has 0 saturated carbocycles. The Kier molecular flexibility index (Phi) is 4.32. The van der Waals surface area contributed by atoms with E-state index in [-0.39, 0.29) is 5.91 Å². The third-order valence-corrected chi connectivity index (χ3v) is 3.03. The number of rotatable bonds is 4. The van der Waals surface area contributed by atoms with Crippen LogP contribution in [0.2, 0.25) is 0 Å². The van der Waals surface area contributed by atoms with Gasteiger partial charge in [-0.25, -0.2) is 0 Å². The van der Waals surface area contributed by atoms with Gasteiger partial charge in [0.15, 0.2) is 0 Å². The second kappa shape index (κ2) is 6.18. The number of carbonyl (C=O) groups is 1. The maximum Gasteiger partial charge on any atom is 0.224 e. The topological polar surface area (TPSA) is 62.1 Å². The minimum Gasteiger partial charge on any atom is -0.381 e. The summed E-state index contributed by atoms with van der Waals surface area (Å²) < 4.78 is 5.25. The molecule has 4 nitrogen and oxygen atoms in total. The lowest BCUT2D eigenvalue weighted by molar-refractivity contribution is -0.120. The molecule has 1 amide bonds. The molecule has 1 saturated heterocycles. The largest absolute Gasteiger partial charge is 0.381 e. The summed E-state index contributed by atoms with van der Waals surface area (Å²) in [5.74, 6) is 0.441. The number of amides is 1. The summed E-state index contributed by atoms with van der Waals surface area (Å²) in [4.78, 5) is 11.7. The normalized spacial score (nSPS) is 18.3. The van der Waals surface area contributed by atoms with E-state index >= 15 is 0 Å². The minimum atomic E-state index is -0.00279. The van der Waals surface area contributed by atoms with Crippen LogP contribution in [0.3, 0.4) is 0 Å². The van der Waals surface area contributed by atoms with Gasteiger partial charge in [0.05, 0.1) is 24.7 Å². The van der Waals surface area contributed by atoms with Gasteiger partial charge in [0.2, 0.25) is 5.91 Å².